The van der Waals surface area contributed by atoms with Crippen LogP contribution >= 0.6 is 0 Å². The molecule has 7 aromatic carbocycles. The van der Waals surface area contributed by atoms with Gasteiger partial charge in [-0.15, -0.1) is 0 Å². The van der Waals surface area contributed by atoms with E-state index in [0.29, 0.717) is 0 Å². The van der Waals surface area contributed by atoms with Crippen molar-refractivity contribution in [3.8, 4) is 33.5 Å². The zero-order valence-electron chi connectivity index (χ0n) is 23.9. The van der Waals surface area contributed by atoms with Crippen molar-refractivity contribution < 1.29 is 0 Å². The molecule has 0 amide bonds. The summed E-state index contributed by atoms with van der Waals surface area (Å²) in [4.78, 5) is 9.69. The maximum Gasteiger partial charge on any atom is 0.0972 e. The molecule has 0 saturated carbocycles. The summed E-state index contributed by atoms with van der Waals surface area (Å²) < 4.78 is 0. The van der Waals surface area contributed by atoms with Crippen LogP contribution in [0.4, 0.5) is 0 Å². The van der Waals surface area contributed by atoms with Crippen molar-refractivity contribution >= 4 is 54.1 Å². The minimum absolute atomic E-state index is 0.937. The number of hydrogen-bond acceptors (Lipinski definition) is 2. The summed E-state index contributed by atoms with van der Waals surface area (Å²) in [6.07, 6.45) is 1.84. The summed E-state index contributed by atoms with van der Waals surface area (Å²) >= 11 is 0. The van der Waals surface area contributed by atoms with Gasteiger partial charge >= 0.3 is 0 Å². The van der Waals surface area contributed by atoms with E-state index in [1.54, 1.807) is 0 Å². The highest BCUT2D eigenvalue weighted by Gasteiger charge is 2.11. The van der Waals surface area contributed by atoms with Crippen LogP contribution in [0.2, 0.25) is 0 Å². The number of fused-ring (bicyclic) bond motifs is 9. The number of rotatable bonds is 3. The Morgan fingerprint density at radius 1 is 0.318 bits per heavy atom. The van der Waals surface area contributed by atoms with Gasteiger partial charge in [0.2, 0.25) is 0 Å². The standard InChI is InChI=1S/C42H26N2/c1-2-12-36-34(10-1)35-11-3-4-13-37(35)39-26-32(20-22-38(36)39)28-16-14-27(15-17-28)31-7-5-8-33(25-31)40-23-21-30-19-18-29-9-6-24-43-41(29)42(30)44-40/h1-26H. The predicted molar refractivity (Wildman–Crippen MR) is 186 cm³/mol. The SMILES string of the molecule is c1cc(-c2ccc(-c3ccc4c5ccccc5c5ccccc5c4c3)cc2)cc(-c2ccc3ccc4cccnc4c3n2)c1. The molecule has 2 heteroatoms. The Hall–Kier alpha value is -5.86. The molecule has 0 fully saturated rings. The molecule has 0 saturated heterocycles. The lowest BCUT2D eigenvalue weighted by molar-refractivity contribution is 1.37. The third-order valence-electron chi connectivity index (χ3n) is 8.89. The molecule has 0 N–H and O–H groups in total. The Labute approximate surface area is 254 Å². The van der Waals surface area contributed by atoms with Crippen LogP contribution in [0.15, 0.2) is 158 Å². The fourth-order valence-electron chi connectivity index (χ4n) is 6.68. The van der Waals surface area contributed by atoms with E-state index in [9.17, 15) is 0 Å². The quantitative estimate of drug-likeness (QED) is 0.202. The van der Waals surface area contributed by atoms with Crippen molar-refractivity contribution in [1.29, 1.82) is 0 Å². The molecule has 204 valence electrons. The lowest BCUT2D eigenvalue weighted by atomic mass is 9.91. The second-order valence-corrected chi connectivity index (χ2v) is 11.4. The highest BCUT2D eigenvalue weighted by Crippen LogP contribution is 2.37. The average molecular weight is 559 g/mol. The van der Waals surface area contributed by atoms with Crippen molar-refractivity contribution in [2.75, 3.05) is 0 Å². The Kier molecular flexibility index (Phi) is 5.54. The van der Waals surface area contributed by atoms with Gasteiger partial charge in [-0.3, -0.25) is 4.98 Å². The zero-order chi connectivity index (χ0) is 29.0. The smallest absolute Gasteiger partial charge is 0.0972 e. The van der Waals surface area contributed by atoms with Gasteiger partial charge in [-0.2, -0.15) is 0 Å². The molecule has 0 bridgehead atoms. The maximum absolute atomic E-state index is 5.06. The summed E-state index contributed by atoms with van der Waals surface area (Å²) in [6.45, 7) is 0. The van der Waals surface area contributed by atoms with E-state index in [4.69, 9.17) is 4.98 Å². The Balaban J connectivity index is 1.09. The molecule has 0 atom stereocenters. The molecule has 2 nitrogen and oxygen atoms in total. The second-order valence-electron chi connectivity index (χ2n) is 11.4. The van der Waals surface area contributed by atoms with E-state index < -0.39 is 0 Å². The lowest BCUT2D eigenvalue weighted by Crippen LogP contribution is -1.89. The van der Waals surface area contributed by atoms with Gasteiger partial charge in [-0.05, 0) is 78.8 Å². The Morgan fingerprint density at radius 2 is 0.864 bits per heavy atom. The van der Waals surface area contributed by atoms with Crippen LogP contribution in [-0.4, -0.2) is 9.97 Å². The van der Waals surface area contributed by atoms with Crippen molar-refractivity contribution in [3.63, 3.8) is 0 Å². The van der Waals surface area contributed by atoms with Gasteiger partial charge in [-0.25, -0.2) is 4.98 Å². The zero-order valence-corrected chi connectivity index (χ0v) is 23.9. The van der Waals surface area contributed by atoms with E-state index >= 15 is 0 Å². The molecule has 0 spiro atoms. The summed E-state index contributed by atoms with van der Waals surface area (Å²) in [7, 11) is 0. The third kappa shape index (κ3) is 3.96. The fourth-order valence-corrected chi connectivity index (χ4v) is 6.68. The van der Waals surface area contributed by atoms with Gasteiger partial charge in [-0.1, -0.05) is 127 Å². The summed E-state index contributed by atoms with van der Waals surface area (Å²) in [5, 5.41) is 9.98. The first kappa shape index (κ1) is 24.7. The average Bonchev–Trinajstić information content (AvgIpc) is 3.11. The Bertz CT molecular complexity index is 2510. The topological polar surface area (TPSA) is 25.8 Å². The Morgan fingerprint density at radius 3 is 1.57 bits per heavy atom. The molecule has 44 heavy (non-hydrogen) atoms. The molecule has 0 aliphatic rings. The van der Waals surface area contributed by atoms with Crippen LogP contribution in [0.3, 0.4) is 0 Å². The first-order valence-corrected chi connectivity index (χ1v) is 15.0. The lowest BCUT2D eigenvalue weighted by Gasteiger charge is -2.12. The van der Waals surface area contributed by atoms with Crippen LogP contribution in [0.5, 0.6) is 0 Å². The fraction of sp³-hybridized carbons (Fsp3) is 0. The summed E-state index contributed by atoms with van der Waals surface area (Å²) in [6, 6.07) is 54.5. The minimum Gasteiger partial charge on any atom is -0.254 e. The second kappa shape index (κ2) is 9.86. The minimum atomic E-state index is 0.937. The monoisotopic (exact) mass is 558 g/mol. The van der Waals surface area contributed by atoms with Crippen molar-refractivity contribution in [3.05, 3.63) is 158 Å². The van der Waals surface area contributed by atoms with Crippen molar-refractivity contribution in [2.24, 2.45) is 0 Å². The van der Waals surface area contributed by atoms with Gasteiger partial charge in [0.05, 0.1) is 16.7 Å². The van der Waals surface area contributed by atoms with E-state index in [1.165, 1.54) is 54.6 Å². The molecule has 9 aromatic rings. The van der Waals surface area contributed by atoms with Gasteiger partial charge in [0.15, 0.2) is 0 Å². The van der Waals surface area contributed by atoms with E-state index in [1.807, 2.05) is 12.3 Å². The molecular formula is C42H26N2. The number of nitrogens with zero attached hydrogens (tertiary/aromatic N) is 2. The number of benzene rings is 7. The first-order valence-electron chi connectivity index (χ1n) is 15.0. The molecule has 2 aromatic heterocycles. The molecule has 0 radical (unpaired) electrons. The van der Waals surface area contributed by atoms with E-state index in [-0.39, 0.29) is 0 Å². The van der Waals surface area contributed by atoms with Crippen LogP contribution < -0.4 is 0 Å². The molecule has 0 aliphatic heterocycles. The molecule has 2 heterocycles. The van der Waals surface area contributed by atoms with Crippen molar-refractivity contribution in [2.45, 2.75) is 0 Å². The molecular weight excluding hydrogens is 532 g/mol. The maximum atomic E-state index is 5.06. The van der Waals surface area contributed by atoms with Crippen LogP contribution in [0.25, 0.3) is 87.6 Å². The third-order valence-corrected chi connectivity index (χ3v) is 8.89. The number of aromatic nitrogens is 2. The number of pyridine rings is 2. The summed E-state index contributed by atoms with van der Waals surface area (Å²) in [5.41, 5.74) is 8.70. The predicted octanol–water partition coefficient (Wildman–Crippen LogP) is 11.2. The highest BCUT2D eigenvalue weighted by atomic mass is 14.7. The van der Waals surface area contributed by atoms with E-state index in [2.05, 4.69) is 151 Å². The molecule has 9 rings (SSSR count). The molecule has 0 aliphatic carbocycles. The molecule has 0 unspecified atom stereocenters. The summed E-state index contributed by atoms with van der Waals surface area (Å²) in [5.74, 6) is 0. The van der Waals surface area contributed by atoms with Crippen LogP contribution in [0, 0.1) is 0 Å². The van der Waals surface area contributed by atoms with Gasteiger partial charge in [0.25, 0.3) is 0 Å². The first-order chi connectivity index (χ1) is 21.8. The highest BCUT2D eigenvalue weighted by molar-refractivity contribution is 6.25. The van der Waals surface area contributed by atoms with E-state index in [0.717, 1.165) is 33.1 Å². The van der Waals surface area contributed by atoms with Crippen LogP contribution in [0.1, 0.15) is 0 Å². The number of hydrogen-bond donors (Lipinski definition) is 0. The van der Waals surface area contributed by atoms with Crippen LogP contribution in [-0.2, 0) is 0 Å². The van der Waals surface area contributed by atoms with Gasteiger partial charge in [0, 0.05) is 22.5 Å². The van der Waals surface area contributed by atoms with Gasteiger partial charge < -0.3 is 0 Å². The normalized spacial score (nSPS) is 11.6. The largest absolute Gasteiger partial charge is 0.254 e. The van der Waals surface area contributed by atoms with Gasteiger partial charge in [0.1, 0.15) is 0 Å². The van der Waals surface area contributed by atoms with Crippen molar-refractivity contribution in [1.82, 2.24) is 9.97 Å².